The average molecular weight is 382 g/mol. The number of imidazole rings is 1. The number of aromatic nitrogens is 3. The van der Waals surface area contributed by atoms with Crippen molar-refractivity contribution < 1.29 is 13.2 Å². The van der Waals surface area contributed by atoms with Gasteiger partial charge < -0.3 is 4.57 Å². The van der Waals surface area contributed by atoms with Crippen molar-refractivity contribution >= 4 is 15.9 Å². The number of pyridine rings is 1. The van der Waals surface area contributed by atoms with E-state index in [1.165, 1.54) is 12.1 Å². The molecule has 118 valence electrons. The van der Waals surface area contributed by atoms with Gasteiger partial charge in [-0.1, -0.05) is 18.2 Å². The molecule has 3 nitrogen and oxygen atoms in total. The molecule has 2 heterocycles. The Morgan fingerprint density at radius 1 is 1.13 bits per heavy atom. The number of rotatable bonds is 3. The molecule has 0 aliphatic rings. The number of hydrogen-bond acceptors (Lipinski definition) is 2. The maximum absolute atomic E-state index is 13.1. The SMILES string of the molecule is FC(F)(F)c1ccccc1Cn1ccnc1-c1cncc(Br)c1. The summed E-state index contributed by atoms with van der Waals surface area (Å²) in [6, 6.07) is 7.38. The van der Waals surface area contributed by atoms with Crippen LogP contribution in [0.25, 0.3) is 11.4 Å². The lowest BCUT2D eigenvalue weighted by Crippen LogP contribution is -2.12. The molecule has 7 heteroatoms. The molecule has 0 saturated heterocycles. The molecule has 0 atom stereocenters. The third-order valence-electron chi connectivity index (χ3n) is 3.34. The summed E-state index contributed by atoms with van der Waals surface area (Å²) in [5.74, 6) is 0.566. The van der Waals surface area contributed by atoms with Crippen LogP contribution in [0.3, 0.4) is 0 Å². The molecule has 3 aromatic rings. The molecule has 23 heavy (non-hydrogen) atoms. The molecule has 0 amide bonds. The van der Waals surface area contributed by atoms with Crippen molar-refractivity contribution in [3.63, 3.8) is 0 Å². The minimum absolute atomic E-state index is 0.0809. The van der Waals surface area contributed by atoms with E-state index in [1.807, 2.05) is 6.07 Å². The van der Waals surface area contributed by atoms with Crippen LogP contribution in [-0.4, -0.2) is 14.5 Å². The van der Waals surface area contributed by atoms with E-state index in [0.29, 0.717) is 5.82 Å². The van der Waals surface area contributed by atoms with Crippen molar-refractivity contribution in [2.75, 3.05) is 0 Å². The Morgan fingerprint density at radius 3 is 2.65 bits per heavy atom. The highest BCUT2D eigenvalue weighted by molar-refractivity contribution is 9.10. The summed E-state index contributed by atoms with van der Waals surface area (Å²) in [6.07, 6.45) is 2.10. The summed E-state index contributed by atoms with van der Waals surface area (Å²) in [4.78, 5) is 8.30. The van der Waals surface area contributed by atoms with Gasteiger partial charge in [-0.2, -0.15) is 13.2 Å². The standard InChI is InChI=1S/C16H11BrF3N3/c17-13-7-12(8-21-9-13)15-22-5-6-23(15)10-11-3-1-2-4-14(11)16(18,19)20/h1-9H,10H2. The first kappa shape index (κ1) is 15.7. The number of nitrogens with zero attached hydrogens (tertiary/aromatic N) is 3. The lowest BCUT2D eigenvalue weighted by atomic mass is 10.1. The Morgan fingerprint density at radius 2 is 1.91 bits per heavy atom. The van der Waals surface area contributed by atoms with Gasteiger partial charge in [0.05, 0.1) is 5.56 Å². The Hall–Kier alpha value is -2.15. The molecule has 0 fully saturated rings. The van der Waals surface area contributed by atoms with Crippen LogP contribution in [0.15, 0.2) is 59.6 Å². The van der Waals surface area contributed by atoms with Crippen molar-refractivity contribution in [1.82, 2.24) is 14.5 Å². The third kappa shape index (κ3) is 3.44. The van der Waals surface area contributed by atoms with Crippen molar-refractivity contribution in [3.05, 3.63) is 70.7 Å². The summed E-state index contributed by atoms with van der Waals surface area (Å²) in [5, 5.41) is 0. The van der Waals surface area contributed by atoms with Crippen LogP contribution < -0.4 is 0 Å². The fourth-order valence-electron chi connectivity index (χ4n) is 2.35. The predicted molar refractivity (Wildman–Crippen MR) is 83.7 cm³/mol. The van der Waals surface area contributed by atoms with Gasteiger partial charge in [-0.25, -0.2) is 4.98 Å². The highest BCUT2D eigenvalue weighted by Gasteiger charge is 2.32. The minimum Gasteiger partial charge on any atom is -0.327 e. The molecular formula is C16H11BrF3N3. The van der Waals surface area contributed by atoms with E-state index in [1.54, 1.807) is 35.4 Å². The molecule has 0 bridgehead atoms. The van der Waals surface area contributed by atoms with E-state index in [-0.39, 0.29) is 12.1 Å². The average Bonchev–Trinajstić information content (AvgIpc) is 2.95. The van der Waals surface area contributed by atoms with Gasteiger partial charge in [0.15, 0.2) is 0 Å². The van der Waals surface area contributed by atoms with Crippen molar-refractivity contribution in [2.45, 2.75) is 12.7 Å². The van der Waals surface area contributed by atoms with E-state index >= 15 is 0 Å². The first-order valence-corrected chi connectivity index (χ1v) is 7.51. The van der Waals surface area contributed by atoms with Crippen LogP contribution in [0.4, 0.5) is 13.2 Å². The second kappa shape index (κ2) is 6.16. The maximum atomic E-state index is 13.1. The van der Waals surface area contributed by atoms with Gasteiger partial charge >= 0.3 is 6.18 Å². The molecule has 0 unspecified atom stereocenters. The predicted octanol–water partition coefficient (Wildman–Crippen LogP) is 4.77. The van der Waals surface area contributed by atoms with Crippen molar-refractivity contribution in [3.8, 4) is 11.4 Å². The van der Waals surface area contributed by atoms with Crippen LogP contribution in [0.1, 0.15) is 11.1 Å². The Balaban J connectivity index is 1.99. The zero-order chi connectivity index (χ0) is 16.4. The topological polar surface area (TPSA) is 30.7 Å². The number of hydrogen-bond donors (Lipinski definition) is 0. The van der Waals surface area contributed by atoms with Gasteiger partial charge in [0, 0.05) is 41.4 Å². The van der Waals surface area contributed by atoms with Crippen LogP contribution >= 0.6 is 15.9 Å². The minimum atomic E-state index is -4.38. The van der Waals surface area contributed by atoms with Gasteiger partial charge in [0.1, 0.15) is 5.82 Å². The monoisotopic (exact) mass is 381 g/mol. The van der Waals surface area contributed by atoms with Crippen molar-refractivity contribution in [2.24, 2.45) is 0 Å². The van der Waals surface area contributed by atoms with E-state index in [0.717, 1.165) is 16.1 Å². The lowest BCUT2D eigenvalue weighted by Gasteiger charge is -2.14. The molecule has 0 radical (unpaired) electrons. The van der Waals surface area contributed by atoms with Gasteiger partial charge in [-0.3, -0.25) is 4.98 Å². The Kier molecular flexibility index (Phi) is 4.21. The zero-order valence-electron chi connectivity index (χ0n) is 11.8. The number of alkyl halides is 3. The molecule has 0 spiro atoms. The zero-order valence-corrected chi connectivity index (χ0v) is 13.3. The second-order valence-corrected chi connectivity index (χ2v) is 5.84. The fourth-order valence-corrected chi connectivity index (χ4v) is 2.71. The Labute approximate surface area is 138 Å². The van der Waals surface area contributed by atoms with E-state index in [2.05, 4.69) is 25.9 Å². The summed E-state index contributed by atoms with van der Waals surface area (Å²) < 4.78 is 41.8. The quantitative estimate of drug-likeness (QED) is 0.653. The fraction of sp³-hybridized carbons (Fsp3) is 0.125. The van der Waals surface area contributed by atoms with E-state index in [4.69, 9.17) is 0 Å². The van der Waals surface area contributed by atoms with Crippen molar-refractivity contribution in [1.29, 1.82) is 0 Å². The van der Waals surface area contributed by atoms with Crippen LogP contribution in [0.5, 0.6) is 0 Å². The summed E-state index contributed by atoms with van der Waals surface area (Å²) in [5.41, 5.74) is 0.295. The molecule has 0 saturated carbocycles. The van der Waals surface area contributed by atoms with Crippen LogP contribution in [0, 0.1) is 0 Å². The smallest absolute Gasteiger partial charge is 0.327 e. The molecular weight excluding hydrogens is 371 g/mol. The van der Waals surface area contributed by atoms with Gasteiger partial charge in [0.2, 0.25) is 0 Å². The van der Waals surface area contributed by atoms with E-state index in [9.17, 15) is 13.2 Å². The normalized spacial score (nSPS) is 11.7. The molecule has 0 N–H and O–H groups in total. The summed E-state index contributed by atoms with van der Waals surface area (Å²) in [7, 11) is 0. The highest BCUT2D eigenvalue weighted by Crippen LogP contribution is 2.32. The molecule has 3 rings (SSSR count). The highest BCUT2D eigenvalue weighted by atomic mass is 79.9. The maximum Gasteiger partial charge on any atom is 0.416 e. The number of halogens is 4. The number of benzene rings is 1. The molecule has 1 aromatic carbocycles. The van der Waals surface area contributed by atoms with Gasteiger partial charge in [-0.15, -0.1) is 0 Å². The third-order valence-corrected chi connectivity index (χ3v) is 3.78. The van der Waals surface area contributed by atoms with Crippen LogP contribution in [-0.2, 0) is 12.7 Å². The van der Waals surface area contributed by atoms with Gasteiger partial charge in [0.25, 0.3) is 0 Å². The van der Waals surface area contributed by atoms with E-state index < -0.39 is 11.7 Å². The second-order valence-electron chi connectivity index (χ2n) is 4.93. The summed E-state index contributed by atoms with van der Waals surface area (Å²) in [6.45, 7) is 0.0809. The first-order valence-electron chi connectivity index (χ1n) is 6.72. The van der Waals surface area contributed by atoms with Gasteiger partial charge in [-0.05, 0) is 33.6 Å². The summed E-state index contributed by atoms with van der Waals surface area (Å²) >= 11 is 3.33. The molecule has 0 aliphatic heterocycles. The van der Waals surface area contributed by atoms with Crippen LogP contribution in [0.2, 0.25) is 0 Å². The largest absolute Gasteiger partial charge is 0.416 e. The first-order chi connectivity index (χ1) is 10.9. The lowest BCUT2D eigenvalue weighted by molar-refractivity contribution is -0.138. The Bertz CT molecular complexity index is 827. The molecule has 0 aliphatic carbocycles. The molecule has 2 aromatic heterocycles.